The number of nitrogens with one attached hydrogen (secondary N) is 2. The number of aryl methyl sites for hydroxylation is 2. The second-order valence-electron chi connectivity index (χ2n) is 17.5. The van der Waals surface area contributed by atoms with Gasteiger partial charge in [-0.05, 0) is 81.7 Å². The van der Waals surface area contributed by atoms with Crippen LogP contribution in [0.3, 0.4) is 0 Å². The lowest BCUT2D eigenvalue weighted by molar-refractivity contribution is -0.117. The monoisotopic (exact) mass is 993 g/mol. The van der Waals surface area contributed by atoms with Crippen molar-refractivity contribution in [3.8, 4) is 34.3 Å². The maximum Gasteiger partial charge on any atom is 0.333 e. The number of carbonyl (C=O) groups excluding carboxylic acids is 2. The van der Waals surface area contributed by atoms with E-state index in [0.29, 0.717) is 55.5 Å². The van der Waals surface area contributed by atoms with Gasteiger partial charge in [0.05, 0.1) is 16.6 Å². The quantitative estimate of drug-likeness (QED) is 0.108. The molecule has 1 aliphatic rings. The average Bonchev–Trinajstić information content (AvgIpc) is 3.98. The minimum atomic E-state index is -4.38. The average molecular weight is 994 g/mol. The van der Waals surface area contributed by atoms with E-state index in [4.69, 9.17) is 19.2 Å². The van der Waals surface area contributed by atoms with Crippen LogP contribution < -0.4 is 34.2 Å². The Kier molecular flexibility index (Phi) is 11.9. The molecule has 73 heavy (non-hydrogen) atoms. The Bertz CT molecular complexity index is 3970. The van der Waals surface area contributed by atoms with Crippen molar-refractivity contribution in [2.24, 2.45) is 14.1 Å². The molecule has 2 amide bonds. The smallest absolute Gasteiger partial charge is 0.333 e. The Balaban J connectivity index is 0.875. The topological polar surface area (TPSA) is 168 Å². The van der Waals surface area contributed by atoms with Gasteiger partial charge in [-0.1, -0.05) is 109 Å². The molecule has 0 spiro atoms. The predicted octanol–water partition coefficient (Wildman–Crippen LogP) is 9.35. The van der Waals surface area contributed by atoms with E-state index in [1.807, 2.05) is 144 Å². The summed E-state index contributed by atoms with van der Waals surface area (Å²) in [4.78, 5) is 45.1. The summed E-state index contributed by atoms with van der Waals surface area (Å²) in [7, 11) is -0.821. The van der Waals surface area contributed by atoms with Gasteiger partial charge in [-0.2, -0.15) is 13.4 Å². The zero-order chi connectivity index (χ0) is 50.4. The summed E-state index contributed by atoms with van der Waals surface area (Å²) in [6.07, 6.45) is 1.73. The van der Waals surface area contributed by atoms with Crippen LogP contribution in [0.1, 0.15) is 27.0 Å². The summed E-state index contributed by atoms with van der Waals surface area (Å²) < 4.78 is 68.3. The number of anilines is 2. The molecule has 10 aromatic rings. The van der Waals surface area contributed by atoms with Crippen molar-refractivity contribution in [2.75, 3.05) is 16.2 Å². The molecule has 0 radical (unpaired) electrons. The Morgan fingerprint density at radius 2 is 1.30 bits per heavy atom. The molecule has 4 heterocycles. The summed E-state index contributed by atoms with van der Waals surface area (Å²) >= 11 is 0. The second-order valence-corrected chi connectivity index (χ2v) is 19.1. The van der Waals surface area contributed by atoms with Gasteiger partial charge in [0.2, 0.25) is 11.8 Å². The number of carbonyl (C=O) groups is 2. The number of pyridine rings is 1. The van der Waals surface area contributed by atoms with Gasteiger partial charge in [0.1, 0.15) is 43.5 Å². The second kappa shape index (κ2) is 18.8. The van der Waals surface area contributed by atoms with Crippen LogP contribution in [-0.2, 0) is 48.9 Å². The molecule has 2 N–H and O–H groups in total. The standard InChI is InChI=1S/C56H44FN7O8S/c1-61-30-44(54(66)58-41-20-22-42-40(26-41)29-49(70-32-35-12-6-3-7-13-35)53(52(42)57)63-31-50(65)60-73(63,68)69)43-21-18-38(27-47(43)61)39-19-23-45-48(28-39)62(2)56(67)64(45)46-24-25-51(71-33-36-14-8-4-9-15-36)59-55(46)72-34-37-16-10-5-11-17-37/h3-30H,31-34H2,1-2H3,(H,58,66)(H,60,65). The van der Waals surface area contributed by atoms with E-state index < -0.39 is 40.1 Å². The van der Waals surface area contributed by atoms with Crippen molar-refractivity contribution in [1.82, 2.24) is 23.4 Å². The van der Waals surface area contributed by atoms with Gasteiger partial charge < -0.3 is 24.1 Å². The van der Waals surface area contributed by atoms with E-state index in [-0.39, 0.29) is 35.9 Å². The van der Waals surface area contributed by atoms with Gasteiger partial charge in [-0.15, -0.1) is 0 Å². The number of fused-ring (bicyclic) bond motifs is 3. The normalized spacial score (nSPS) is 13.1. The highest BCUT2D eigenvalue weighted by atomic mass is 32.2. The highest BCUT2D eigenvalue weighted by Gasteiger charge is 2.38. The first kappa shape index (κ1) is 46.2. The number of hydrogen-bond acceptors (Lipinski definition) is 9. The molecule has 0 aliphatic carbocycles. The van der Waals surface area contributed by atoms with Crippen molar-refractivity contribution in [3.63, 3.8) is 0 Å². The summed E-state index contributed by atoms with van der Waals surface area (Å²) in [6.45, 7) is -0.110. The van der Waals surface area contributed by atoms with Crippen LogP contribution in [0.25, 0.3) is 49.5 Å². The van der Waals surface area contributed by atoms with E-state index in [2.05, 4.69) is 5.32 Å². The van der Waals surface area contributed by atoms with Crippen LogP contribution in [-0.4, -0.2) is 45.5 Å². The molecule has 0 unspecified atom stereocenters. The van der Waals surface area contributed by atoms with Gasteiger partial charge in [0.15, 0.2) is 5.82 Å². The Hall–Kier alpha value is -9.22. The van der Waals surface area contributed by atoms with Crippen LogP contribution in [0.5, 0.6) is 17.5 Å². The van der Waals surface area contributed by atoms with Gasteiger partial charge in [-0.25, -0.2) is 18.2 Å². The lowest BCUT2D eigenvalue weighted by Gasteiger charge is -2.21. The van der Waals surface area contributed by atoms with Gasteiger partial charge in [0, 0.05) is 48.3 Å². The highest BCUT2D eigenvalue weighted by Crippen LogP contribution is 2.41. The molecular weight excluding hydrogens is 950 g/mol. The molecular formula is C56H44FN7O8S. The van der Waals surface area contributed by atoms with Crippen LogP contribution in [0, 0.1) is 5.82 Å². The maximum absolute atomic E-state index is 16.5. The third-order valence-corrected chi connectivity index (χ3v) is 14.1. The molecule has 1 saturated heterocycles. The fourth-order valence-electron chi connectivity index (χ4n) is 9.05. The number of nitrogens with zero attached hydrogens (tertiary/aromatic N) is 5. The number of imidazole rings is 1. The Labute approximate surface area is 417 Å². The number of ether oxygens (including phenoxy) is 3. The number of rotatable bonds is 14. The number of benzene rings is 7. The van der Waals surface area contributed by atoms with Gasteiger partial charge in [-0.3, -0.25) is 18.7 Å². The van der Waals surface area contributed by atoms with Gasteiger partial charge in [0.25, 0.3) is 11.8 Å². The van der Waals surface area contributed by atoms with Crippen LogP contribution in [0.2, 0.25) is 0 Å². The summed E-state index contributed by atoms with van der Waals surface area (Å²) in [6, 6.07) is 49.6. The molecule has 0 saturated carbocycles. The van der Waals surface area contributed by atoms with E-state index in [1.54, 1.807) is 40.6 Å². The molecule has 0 bridgehead atoms. The number of halogens is 1. The molecule has 11 rings (SSSR count). The Morgan fingerprint density at radius 1 is 0.685 bits per heavy atom. The third-order valence-electron chi connectivity index (χ3n) is 12.7. The molecule has 0 atom stereocenters. The molecule has 7 aromatic carbocycles. The highest BCUT2D eigenvalue weighted by molar-refractivity contribution is 7.92. The SMILES string of the molecule is Cn1cc(C(=O)Nc2ccc3c(F)c(N4CC(=O)NS4(=O)=O)c(OCc4ccccc4)cc3c2)c2ccc(-c3ccc4c(c3)n(C)c(=O)n4-c3ccc(OCc4ccccc4)nc3OCc3ccccc3)cc21. The van der Waals surface area contributed by atoms with Crippen LogP contribution in [0.15, 0.2) is 175 Å². The van der Waals surface area contributed by atoms with Crippen LogP contribution in [0.4, 0.5) is 15.8 Å². The fourth-order valence-corrected chi connectivity index (χ4v) is 10.2. The van der Waals surface area contributed by atoms with E-state index in [9.17, 15) is 22.8 Å². The van der Waals surface area contributed by atoms with Crippen LogP contribution >= 0.6 is 0 Å². The molecule has 1 fully saturated rings. The molecule has 364 valence electrons. The zero-order valence-electron chi connectivity index (χ0n) is 39.3. The summed E-state index contributed by atoms with van der Waals surface area (Å²) in [5.74, 6) is -1.65. The number of aromatic nitrogens is 4. The molecule has 17 heteroatoms. The summed E-state index contributed by atoms with van der Waals surface area (Å²) in [5, 5.41) is 3.99. The van der Waals surface area contributed by atoms with E-state index in [1.165, 1.54) is 18.2 Å². The van der Waals surface area contributed by atoms with Crippen molar-refractivity contribution >= 4 is 66.1 Å². The molecule has 3 aromatic heterocycles. The van der Waals surface area contributed by atoms with Gasteiger partial charge >= 0.3 is 15.9 Å². The van der Waals surface area contributed by atoms with E-state index >= 15 is 4.39 Å². The van der Waals surface area contributed by atoms with Crippen molar-refractivity contribution in [2.45, 2.75) is 19.8 Å². The first-order valence-corrected chi connectivity index (χ1v) is 24.6. The molecule has 1 aliphatic heterocycles. The minimum Gasteiger partial charge on any atom is -0.487 e. The van der Waals surface area contributed by atoms with E-state index in [0.717, 1.165) is 33.3 Å². The Morgan fingerprint density at radius 3 is 1.96 bits per heavy atom. The number of amides is 2. The number of hydrogen-bond donors (Lipinski definition) is 2. The lowest BCUT2D eigenvalue weighted by Crippen LogP contribution is -2.30. The lowest BCUT2D eigenvalue weighted by atomic mass is 10.0. The minimum absolute atomic E-state index is 0.0125. The maximum atomic E-state index is 16.5. The first-order valence-electron chi connectivity index (χ1n) is 23.1. The zero-order valence-corrected chi connectivity index (χ0v) is 40.1. The van der Waals surface area contributed by atoms with Crippen molar-refractivity contribution in [3.05, 3.63) is 209 Å². The van der Waals surface area contributed by atoms with Crippen molar-refractivity contribution in [1.29, 1.82) is 0 Å². The fraction of sp³-hybridized carbons (Fsp3) is 0.107. The summed E-state index contributed by atoms with van der Waals surface area (Å²) in [5.41, 5.74) is 6.92. The first-order chi connectivity index (χ1) is 35.4. The molecule has 15 nitrogen and oxygen atoms in total. The predicted molar refractivity (Wildman–Crippen MR) is 277 cm³/mol. The largest absolute Gasteiger partial charge is 0.487 e. The third kappa shape index (κ3) is 8.97. The van der Waals surface area contributed by atoms with Crippen molar-refractivity contribution < 1.29 is 36.6 Å².